The van der Waals surface area contributed by atoms with E-state index in [1.54, 1.807) is 0 Å². The molecule has 6 nitrogen and oxygen atoms in total. The summed E-state index contributed by atoms with van der Waals surface area (Å²) in [5.41, 5.74) is 0. The van der Waals surface area contributed by atoms with Crippen LogP contribution >= 0.6 is 0 Å². The van der Waals surface area contributed by atoms with Gasteiger partial charge in [-0.1, -0.05) is 145 Å². The summed E-state index contributed by atoms with van der Waals surface area (Å²) in [6.45, 7) is 4.29. The number of hydrogen-bond donors (Lipinski definition) is 3. The van der Waals surface area contributed by atoms with E-state index in [-0.39, 0.29) is 12.3 Å². The van der Waals surface area contributed by atoms with E-state index in [4.69, 9.17) is 0 Å². The Kier molecular flexibility index (Phi) is 29.7. The largest absolute Gasteiger partial charge is 0.387 e. The van der Waals surface area contributed by atoms with E-state index in [2.05, 4.69) is 67.8 Å². The molecule has 7 heteroatoms. The summed E-state index contributed by atoms with van der Waals surface area (Å²) in [6.07, 6.45) is 42.4. The molecule has 0 bridgehead atoms. The smallest absolute Gasteiger partial charge is 0.267 e. The van der Waals surface area contributed by atoms with Gasteiger partial charge in [-0.25, -0.2) is 0 Å². The van der Waals surface area contributed by atoms with Crippen LogP contribution in [0.1, 0.15) is 149 Å². The van der Waals surface area contributed by atoms with Gasteiger partial charge in [0.1, 0.15) is 0 Å². The predicted molar refractivity (Wildman–Crippen MR) is 188 cm³/mol. The third-order valence-corrected chi connectivity index (χ3v) is 8.23. The lowest BCUT2D eigenvalue weighted by atomic mass is 10.0. The second-order valence-electron chi connectivity index (χ2n) is 11.8. The summed E-state index contributed by atoms with van der Waals surface area (Å²) in [4.78, 5) is 12.4. The summed E-state index contributed by atoms with van der Waals surface area (Å²) in [6, 6.07) is -1.06. The molecular formula is C37H65NO5S. The second kappa shape index (κ2) is 31.0. The maximum atomic E-state index is 12.4. The average molecular weight is 636 g/mol. The van der Waals surface area contributed by atoms with Gasteiger partial charge in [-0.15, -0.1) is 0 Å². The van der Waals surface area contributed by atoms with Crippen molar-refractivity contribution in [2.45, 2.75) is 161 Å². The van der Waals surface area contributed by atoms with E-state index in [1.165, 1.54) is 44.6 Å². The van der Waals surface area contributed by atoms with E-state index < -0.39 is 28.0 Å². The van der Waals surface area contributed by atoms with Crippen LogP contribution in [0.25, 0.3) is 0 Å². The zero-order valence-electron chi connectivity index (χ0n) is 28.0. The van der Waals surface area contributed by atoms with Crippen LogP contribution in [-0.2, 0) is 14.9 Å². The highest BCUT2D eigenvalue weighted by Gasteiger charge is 2.24. The van der Waals surface area contributed by atoms with Crippen molar-refractivity contribution in [1.82, 2.24) is 5.32 Å². The minimum absolute atomic E-state index is 0.286. The van der Waals surface area contributed by atoms with Crippen LogP contribution in [-0.4, -0.2) is 41.9 Å². The summed E-state index contributed by atoms with van der Waals surface area (Å²) in [5.74, 6) is -0.996. The van der Waals surface area contributed by atoms with Crippen LogP contribution in [0.5, 0.6) is 0 Å². The Morgan fingerprint density at radius 3 is 1.61 bits per heavy atom. The summed E-state index contributed by atoms with van der Waals surface area (Å²) < 4.78 is 32.1. The Morgan fingerprint density at radius 2 is 1.09 bits per heavy atom. The molecule has 2 unspecified atom stereocenters. The summed E-state index contributed by atoms with van der Waals surface area (Å²) in [7, 11) is -4.33. The SMILES string of the molecule is CC/C=C\C/C=C\C/C=C\C/C=C\CCCCCCCCCCCCC(=O)NC(CS(=O)(=O)O)C(O)/C=C/CCCCCC. The first-order valence-corrected chi connectivity index (χ1v) is 19.1. The molecule has 0 saturated carbocycles. The summed E-state index contributed by atoms with van der Waals surface area (Å²) in [5, 5.41) is 13.0. The summed E-state index contributed by atoms with van der Waals surface area (Å²) >= 11 is 0. The third-order valence-electron chi connectivity index (χ3n) is 7.45. The lowest BCUT2D eigenvalue weighted by Crippen LogP contribution is -2.46. The first kappa shape index (κ1) is 42.0. The van der Waals surface area contributed by atoms with Gasteiger partial charge in [-0.05, 0) is 57.8 Å². The molecule has 254 valence electrons. The van der Waals surface area contributed by atoms with Crippen LogP contribution in [0.4, 0.5) is 0 Å². The monoisotopic (exact) mass is 635 g/mol. The van der Waals surface area contributed by atoms with Crippen molar-refractivity contribution in [3.63, 3.8) is 0 Å². The van der Waals surface area contributed by atoms with Gasteiger partial charge in [0.25, 0.3) is 10.1 Å². The van der Waals surface area contributed by atoms with E-state index in [0.717, 1.165) is 89.9 Å². The molecule has 0 aliphatic heterocycles. The minimum Gasteiger partial charge on any atom is -0.387 e. The van der Waals surface area contributed by atoms with Crippen molar-refractivity contribution in [3.05, 3.63) is 60.8 Å². The van der Waals surface area contributed by atoms with Gasteiger partial charge in [0.15, 0.2) is 0 Å². The van der Waals surface area contributed by atoms with E-state index in [9.17, 15) is 22.9 Å². The Bertz CT molecular complexity index is 920. The predicted octanol–water partition coefficient (Wildman–Crippen LogP) is 9.73. The fraction of sp³-hybridized carbons (Fsp3) is 0.703. The van der Waals surface area contributed by atoms with E-state index >= 15 is 0 Å². The van der Waals surface area contributed by atoms with Crippen LogP contribution in [0, 0.1) is 0 Å². The lowest BCUT2D eigenvalue weighted by molar-refractivity contribution is -0.122. The number of carbonyl (C=O) groups excluding carboxylic acids is 1. The van der Waals surface area contributed by atoms with Crippen molar-refractivity contribution >= 4 is 16.0 Å². The van der Waals surface area contributed by atoms with Gasteiger partial charge in [0.2, 0.25) is 5.91 Å². The zero-order chi connectivity index (χ0) is 32.6. The molecule has 2 atom stereocenters. The van der Waals surface area contributed by atoms with E-state index in [1.807, 2.05) is 6.08 Å². The number of unbranched alkanes of at least 4 members (excludes halogenated alkanes) is 14. The van der Waals surface area contributed by atoms with Crippen LogP contribution in [0.3, 0.4) is 0 Å². The standard InChI is InChI=1S/C37H65NO5S/c1-3-5-7-9-11-12-13-14-15-16-17-18-19-20-21-22-23-24-25-26-27-29-31-33-37(40)38-35(34-44(41,42)43)36(39)32-30-28-10-8-6-4-2/h5,7,11-12,14-15,17-18,30,32,35-36,39H,3-4,6,8-10,13,16,19-29,31,33-34H2,1-2H3,(H,38,40)(H,41,42,43)/b7-5-,12-11-,15-14-,18-17-,32-30+. The highest BCUT2D eigenvalue weighted by Crippen LogP contribution is 2.13. The fourth-order valence-corrected chi connectivity index (χ4v) is 5.58. The molecule has 0 heterocycles. The van der Waals surface area contributed by atoms with Gasteiger partial charge < -0.3 is 10.4 Å². The molecule has 0 fully saturated rings. The van der Waals surface area contributed by atoms with Gasteiger partial charge in [0.05, 0.1) is 17.9 Å². The molecule has 0 rings (SSSR count). The highest BCUT2D eigenvalue weighted by atomic mass is 32.2. The molecule has 0 radical (unpaired) electrons. The Morgan fingerprint density at radius 1 is 0.636 bits per heavy atom. The average Bonchev–Trinajstić information content (AvgIpc) is 2.98. The molecule has 0 aromatic rings. The van der Waals surface area contributed by atoms with Gasteiger partial charge >= 0.3 is 0 Å². The Hall–Kier alpha value is -1.96. The first-order valence-electron chi connectivity index (χ1n) is 17.5. The van der Waals surface area contributed by atoms with Gasteiger partial charge in [0, 0.05) is 6.42 Å². The molecule has 1 amide bonds. The van der Waals surface area contributed by atoms with Crippen molar-refractivity contribution in [1.29, 1.82) is 0 Å². The number of nitrogens with one attached hydrogen (secondary N) is 1. The Balaban J connectivity index is 3.82. The number of rotatable bonds is 30. The lowest BCUT2D eigenvalue weighted by Gasteiger charge is -2.21. The van der Waals surface area contributed by atoms with Gasteiger partial charge in [-0.2, -0.15) is 8.42 Å². The fourth-order valence-electron chi connectivity index (χ4n) is 4.85. The molecular weight excluding hydrogens is 570 g/mol. The molecule has 0 aliphatic carbocycles. The Labute approximate surface area is 271 Å². The van der Waals surface area contributed by atoms with Crippen molar-refractivity contribution < 1.29 is 22.9 Å². The highest BCUT2D eigenvalue weighted by molar-refractivity contribution is 7.85. The third kappa shape index (κ3) is 31.5. The number of hydrogen-bond acceptors (Lipinski definition) is 4. The van der Waals surface area contributed by atoms with Gasteiger partial charge in [-0.3, -0.25) is 9.35 Å². The molecule has 3 N–H and O–H groups in total. The van der Waals surface area contributed by atoms with E-state index in [0.29, 0.717) is 0 Å². The second-order valence-corrected chi connectivity index (χ2v) is 13.3. The van der Waals surface area contributed by atoms with Crippen LogP contribution in [0.2, 0.25) is 0 Å². The van der Waals surface area contributed by atoms with Crippen molar-refractivity contribution in [2.75, 3.05) is 5.75 Å². The molecule has 0 spiro atoms. The van der Waals surface area contributed by atoms with Crippen LogP contribution in [0.15, 0.2) is 60.8 Å². The number of allylic oxidation sites excluding steroid dienone is 9. The normalized spacial score (nSPS) is 14.2. The topological polar surface area (TPSA) is 104 Å². The molecule has 44 heavy (non-hydrogen) atoms. The molecule has 0 aliphatic rings. The quantitative estimate of drug-likeness (QED) is 0.0414. The van der Waals surface area contributed by atoms with Crippen molar-refractivity contribution in [3.8, 4) is 0 Å². The minimum atomic E-state index is -4.33. The zero-order valence-corrected chi connectivity index (χ0v) is 28.8. The van der Waals surface area contributed by atoms with Crippen molar-refractivity contribution in [2.24, 2.45) is 0 Å². The maximum Gasteiger partial charge on any atom is 0.267 e. The number of aliphatic hydroxyl groups is 1. The maximum absolute atomic E-state index is 12.4. The number of aliphatic hydroxyl groups excluding tert-OH is 1. The molecule has 0 aromatic carbocycles. The van der Waals surface area contributed by atoms with Crippen LogP contribution < -0.4 is 5.32 Å². The first-order chi connectivity index (χ1) is 21.3. The number of amides is 1. The molecule has 0 saturated heterocycles. The molecule has 0 aromatic heterocycles. The number of carbonyl (C=O) groups is 1.